The van der Waals surface area contributed by atoms with Crippen LogP contribution in [0, 0.1) is 6.92 Å². The molecule has 1 N–H and O–H groups in total. The smallest absolute Gasteiger partial charge is 0.135 e. The van der Waals surface area contributed by atoms with Gasteiger partial charge in [0.25, 0.3) is 0 Å². The number of hydrogen-bond donors (Lipinski definition) is 1. The first-order valence-electron chi connectivity index (χ1n) is 5.73. The Labute approximate surface area is 100 Å². The van der Waals surface area contributed by atoms with Gasteiger partial charge in [0.1, 0.15) is 29.4 Å². The monoisotopic (exact) mass is 229 g/mol. The molecule has 17 heavy (non-hydrogen) atoms. The van der Waals surface area contributed by atoms with Gasteiger partial charge in [-0.1, -0.05) is 11.6 Å². The molecule has 0 radical (unpaired) electrons. The van der Waals surface area contributed by atoms with Crippen molar-refractivity contribution in [3.63, 3.8) is 0 Å². The number of aryl methyl sites for hydroxylation is 1. The molecule has 0 saturated heterocycles. The Kier molecular flexibility index (Phi) is 2.02. The summed E-state index contributed by atoms with van der Waals surface area (Å²) in [4.78, 5) is 4.44. The van der Waals surface area contributed by atoms with Crippen LogP contribution in [-0.4, -0.2) is 23.7 Å². The lowest BCUT2D eigenvalue weighted by atomic mass is 9.86. The number of hydrazone groups is 1. The molecule has 1 atom stereocenters. The molecule has 0 aliphatic carbocycles. The Morgan fingerprint density at radius 2 is 2.18 bits per heavy atom. The quantitative estimate of drug-likeness (QED) is 0.738. The van der Waals surface area contributed by atoms with Crippen LogP contribution >= 0.6 is 0 Å². The van der Waals surface area contributed by atoms with Crippen molar-refractivity contribution >= 4 is 12.1 Å². The summed E-state index contributed by atoms with van der Waals surface area (Å²) in [5.41, 5.74) is 5.66. The van der Waals surface area contributed by atoms with Crippen LogP contribution in [0.2, 0.25) is 0 Å². The van der Waals surface area contributed by atoms with Gasteiger partial charge in [-0.3, -0.25) is 10.4 Å². The van der Waals surface area contributed by atoms with Crippen molar-refractivity contribution < 1.29 is 4.74 Å². The Bertz CT molecular complexity index is 531. The van der Waals surface area contributed by atoms with Crippen LogP contribution in [0.25, 0.3) is 0 Å². The van der Waals surface area contributed by atoms with Gasteiger partial charge >= 0.3 is 0 Å². The number of nitrogens with zero attached hydrogens (tertiary/aromatic N) is 2. The molecule has 4 nitrogen and oxygen atoms in total. The number of benzene rings is 1. The second-order valence-corrected chi connectivity index (χ2v) is 5.01. The highest BCUT2D eigenvalue weighted by Crippen LogP contribution is 2.36. The normalized spacial score (nSPS) is 23.9. The van der Waals surface area contributed by atoms with Crippen LogP contribution in [0.4, 0.5) is 0 Å². The van der Waals surface area contributed by atoms with Gasteiger partial charge in [-0.2, -0.15) is 5.10 Å². The number of nitrogens with one attached hydrogen (secondary N) is 1. The van der Waals surface area contributed by atoms with Gasteiger partial charge in [0.15, 0.2) is 0 Å². The SMILES string of the molecule is Cc1ccc2c(c1)C1=NNC=NC1C(C)(C)O2. The van der Waals surface area contributed by atoms with Gasteiger partial charge in [-0.25, -0.2) is 0 Å². The molecule has 88 valence electrons. The zero-order valence-electron chi connectivity index (χ0n) is 10.2. The minimum absolute atomic E-state index is 0.0435. The fourth-order valence-corrected chi connectivity index (χ4v) is 2.33. The second kappa shape index (κ2) is 3.32. The minimum atomic E-state index is -0.361. The van der Waals surface area contributed by atoms with E-state index in [1.165, 1.54) is 5.56 Å². The summed E-state index contributed by atoms with van der Waals surface area (Å²) in [6, 6.07) is 6.11. The third-order valence-electron chi connectivity index (χ3n) is 3.17. The maximum Gasteiger partial charge on any atom is 0.135 e. The van der Waals surface area contributed by atoms with E-state index in [0.717, 1.165) is 17.0 Å². The third kappa shape index (κ3) is 1.52. The Morgan fingerprint density at radius 1 is 1.35 bits per heavy atom. The van der Waals surface area contributed by atoms with E-state index < -0.39 is 0 Å². The van der Waals surface area contributed by atoms with E-state index >= 15 is 0 Å². The number of rotatable bonds is 0. The van der Waals surface area contributed by atoms with Crippen LogP contribution in [0.1, 0.15) is 25.0 Å². The molecule has 4 heteroatoms. The predicted octanol–water partition coefficient (Wildman–Crippen LogP) is 1.87. The number of hydrogen-bond acceptors (Lipinski definition) is 4. The lowest BCUT2D eigenvalue weighted by Gasteiger charge is -2.39. The Morgan fingerprint density at radius 3 is 3.00 bits per heavy atom. The highest BCUT2D eigenvalue weighted by molar-refractivity contribution is 6.09. The first-order chi connectivity index (χ1) is 8.08. The van der Waals surface area contributed by atoms with Gasteiger partial charge < -0.3 is 4.74 Å². The molecule has 2 aliphatic heterocycles. The topological polar surface area (TPSA) is 46.0 Å². The highest BCUT2D eigenvalue weighted by atomic mass is 16.5. The van der Waals surface area contributed by atoms with Crippen molar-refractivity contribution in [2.24, 2.45) is 10.1 Å². The van der Waals surface area contributed by atoms with Crippen LogP contribution in [-0.2, 0) is 0 Å². The van der Waals surface area contributed by atoms with Crippen molar-refractivity contribution in [2.75, 3.05) is 0 Å². The molecule has 2 aliphatic rings. The molecule has 0 saturated carbocycles. The standard InChI is InChI=1S/C13H15N3O/c1-8-4-5-10-9(6-8)11-12(13(2,3)17-10)14-7-15-16-11/h4-7,12H,1-3H3,(H,14,15). The van der Waals surface area contributed by atoms with Crippen LogP contribution in [0.15, 0.2) is 28.3 Å². The lowest BCUT2D eigenvalue weighted by Crippen LogP contribution is -2.51. The zero-order chi connectivity index (χ0) is 12.0. The first-order valence-corrected chi connectivity index (χ1v) is 5.73. The maximum atomic E-state index is 6.02. The molecule has 2 heterocycles. The van der Waals surface area contributed by atoms with Crippen LogP contribution in [0.5, 0.6) is 5.75 Å². The van der Waals surface area contributed by atoms with Gasteiger partial charge in [0, 0.05) is 5.56 Å². The van der Waals surface area contributed by atoms with Gasteiger partial charge in [0.05, 0.1) is 0 Å². The van der Waals surface area contributed by atoms with E-state index in [-0.39, 0.29) is 11.6 Å². The molecule has 1 unspecified atom stereocenters. The summed E-state index contributed by atoms with van der Waals surface area (Å²) >= 11 is 0. The molecule has 0 spiro atoms. The summed E-state index contributed by atoms with van der Waals surface area (Å²) < 4.78 is 6.02. The van der Waals surface area contributed by atoms with Crippen LogP contribution < -0.4 is 10.2 Å². The fraction of sp³-hybridized carbons (Fsp3) is 0.385. The summed E-state index contributed by atoms with van der Waals surface area (Å²) in [5.74, 6) is 0.884. The van der Waals surface area contributed by atoms with Gasteiger partial charge in [-0.15, -0.1) is 0 Å². The zero-order valence-corrected chi connectivity index (χ0v) is 10.2. The summed E-state index contributed by atoms with van der Waals surface area (Å²) in [7, 11) is 0. The predicted molar refractivity (Wildman–Crippen MR) is 67.8 cm³/mol. The maximum absolute atomic E-state index is 6.02. The second-order valence-electron chi connectivity index (χ2n) is 5.01. The Balaban J connectivity index is 2.20. The lowest BCUT2D eigenvalue weighted by molar-refractivity contribution is 0.0945. The van der Waals surface area contributed by atoms with E-state index in [1.807, 2.05) is 19.9 Å². The molecule has 0 fully saturated rings. The van der Waals surface area contributed by atoms with Crippen molar-refractivity contribution in [2.45, 2.75) is 32.4 Å². The van der Waals surface area contributed by atoms with Crippen molar-refractivity contribution in [1.82, 2.24) is 5.43 Å². The highest BCUT2D eigenvalue weighted by Gasteiger charge is 2.42. The van der Waals surface area contributed by atoms with E-state index in [1.54, 1.807) is 6.34 Å². The molecule has 3 rings (SSSR count). The van der Waals surface area contributed by atoms with Crippen molar-refractivity contribution in [3.05, 3.63) is 29.3 Å². The fourth-order valence-electron chi connectivity index (χ4n) is 2.33. The number of fused-ring (bicyclic) bond motifs is 3. The number of aliphatic imine (C=N–C) groups is 1. The van der Waals surface area contributed by atoms with Crippen molar-refractivity contribution in [3.8, 4) is 5.75 Å². The molecule has 1 aromatic carbocycles. The molecular formula is C13H15N3O. The minimum Gasteiger partial charge on any atom is -0.484 e. The molecule has 1 aromatic rings. The van der Waals surface area contributed by atoms with E-state index in [0.29, 0.717) is 0 Å². The average Bonchev–Trinajstić information content (AvgIpc) is 2.30. The average molecular weight is 229 g/mol. The summed E-state index contributed by atoms with van der Waals surface area (Å²) in [5, 5.41) is 4.37. The third-order valence-corrected chi connectivity index (χ3v) is 3.17. The molecule has 0 amide bonds. The van der Waals surface area contributed by atoms with E-state index in [2.05, 4.69) is 34.6 Å². The van der Waals surface area contributed by atoms with E-state index in [4.69, 9.17) is 4.74 Å². The Hall–Kier alpha value is -1.84. The van der Waals surface area contributed by atoms with E-state index in [9.17, 15) is 0 Å². The molecular weight excluding hydrogens is 214 g/mol. The largest absolute Gasteiger partial charge is 0.484 e. The molecule has 0 bridgehead atoms. The summed E-state index contributed by atoms with van der Waals surface area (Å²) in [6.07, 6.45) is 1.63. The number of ether oxygens (including phenoxy) is 1. The first kappa shape index (κ1) is 10.3. The molecule has 0 aromatic heterocycles. The summed E-state index contributed by atoms with van der Waals surface area (Å²) in [6.45, 7) is 6.15. The van der Waals surface area contributed by atoms with Gasteiger partial charge in [0.2, 0.25) is 0 Å². The van der Waals surface area contributed by atoms with Crippen LogP contribution in [0.3, 0.4) is 0 Å². The van der Waals surface area contributed by atoms with Crippen molar-refractivity contribution in [1.29, 1.82) is 0 Å². The van der Waals surface area contributed by atoms with Gasteiger partial charge in [-0.05, 0) is 32.9 Å².